The van der Waals surface area contributed by atoms with E-state index in [0.717, 1.165) is 28.6 Å². The smallest absolute Gasteiger partial charge is 0.315 e. The Hall–Kier alpha value is -4.15. The van der Waals surface area contributed by atoms with Gasteiger partial charge >= 0.3 is 11.8 Å². The van der Waals surface area contributed by atoms with Crippen LogP contribution in [0.25, 0.3) is 10.9 Å². The maximum absolute atomic E-state index is 13.6. The summed E-state index contributed by atoms with van der Waals surface area (Å²) in [5.41, 5.74) is 1.42. The van der Waals surface area contributed by atoms with E-state index in [0.29, 0.717) is 12.5 Å². The Morgan fingerprint density at radius 2 is 1.84 bits per heavy atom. The minimum absolute atomic E-state index is 0.0812. The fraction of sp³-hybridized carbons (Fsp3) is 0.143. The van der Waals surface area contributed by atoms with Crippen molar-refractivity contribution in [3.05, 3.63) is 77.3 Å². The number of anilines is 1. The summed E-state index contributed by atoms with van der Waals surface area (Å²) in [6, 6.07) is 7.12. The van der Waals surface area contributed by atoms with Crippen molar-refractivity contribution >= 4 is 28.4 Å². The lowest BCUT2D eigenvalue weighted by molar-refractivity contribution is -0.115. The minimum Gasteiger partial charge on any atom is -0.361 e. The molecule has 2 amide bonds. The Labute approximate surface area is 178 Å². The van der Waals surface area contributed by atoms with Crippen LogP contribution in [0, 0.1) is 17.5 Å². The molecule has 0 atom stereocenters. The highest BCUT2D eigenvalue weighted by molar-refractivity contribution is 5.92. The second-order valence-corrected chi connectivity index (χ2v) is 6.87. The van der Waals surface area contributed by atoms with Gasteiger partial charge in [0.1, 0.15) is 17.5 Å². The van der Waals surface area contributed by atoms with E-state index in [4.69, 9.17) is 4.52 Å². The van der Waals surface area contributed by atoms with E-state index in [1.165, 1.54) is 12.1 Å². The number of nitrogens with zero attached hydrogens (tertiary/aromatic N) is 2. The molecular formula is C21H16F3N5O3. The third-order valence-corrected chi connectivity index (χ3v) is 4.60. The zero-order valence-electron chi connectivity index (χ0n) is 16.4. The van der Waals surface area contributed by atoms with E-state index in [1.807, 2.05) is 0 Å². The average Bonchev–Trinajstić information content (AvgIpc) is 3.37. The summed E-state index contributed by atoms with van der Waals surface area (Å²) >= 11 is 0. The number of nitrogens with one attached hydrogen (secondary N) is 3. The van der Waals surface area contributed by atoms with Crippen LogP contribution in [0.15, 0.2) is 47.1 Å². The van der Waals surface area contributed by atoms with Gasteiger partial charge in [0.2, 0.25) is 5.91 Å². The summed E-state index contributed by atoms with van der Waals surface area (Å²) in [4.78, 5) is 31.1. The molecule has 2 aromatic heterocycles. The lowest BCUT2D eigenvalue weighted by Crippen LogP contribution is -2.26. The number of hydrogen-bond acceptors (Lipinski definition) is 5. The molecule has 2 aromatic carbocycles. The standard InChI is InChI=1S/C21H16F3N5O3/c22-12-1-3-16-14(7-12)11(10-26-16)5-6-25-20(31)21-28-18(29-32-21)9-19(30)27-17-4-2-13(23)8-15(17)24/h1-4,7-8,10,26H,5-6,9H2,(H,25,31)(H,27,30). The van der Waals surface area contributed by atoms with Gasteiger partial charge in [-0.1, -0.05) is 5.16 Å². The van der Waals surface area contributed by atoms with E-state index in [-0.39, 0.29) is 36.2 Å². The topological polar surface area (TPSA) is 113 Å². The van der Waals surface area contributed by atoms with Gasteiger partial charge in [-0.3, -0.25) is 9.59 Å². The molecule has 0 spiro atoms. The maximum atomic E-state index is 13.6. The van der Waals surface area contributed by atoms with Gasteiger partial charge in [-0.25, -0.2) is 13.2 Å². The number of benzene rings is 2. The summed E-state index contributed by atoms with van der Waals surface area (Å²) < 4.78 is 44.8. The van der Waals surface area contributed by atoms with Gasteiger partial charge in [0.15, 0.2) is 5.82 Å². The van der Waals surface area contributed by atoms with Crippen LogP contribution in [0.4, 0.5) is 18.9 Å². The SMILES string of the molecule is O=C(Cc1noc(C(=O)NCCc2c[nH]c3ccc(F)cc23)n1)Nc1ccc(F)cc1F. The van der Waals surface area contributed by atoms with E-state index >= 15 is 0 Å². The number of fused-ring (bicyclic) bond motifs is 1. The number of carbonyl (C=O) groups excluding carboxylic acids is 2. The van der Waals surface area contributed by atoms with Gasteiger partial charge in [0, 0.05) is 29.7 Å². The summed E-state index contributed by atoms with van der Waals surface area (Å²) in [6.07, 6.45) is 1.79. The first-order valence-corrected chi connectivity index (χ1v) is 9.50. The van der Waals surface area contributed by atoms with Crippen LogP contribution in [0.2, 0.25) is 0 Å². The minimum atomic E-state index is -0.926. The number of halogens is 3. The van der Waals surface area contributed by atoms with Crippen molar-refractivity contribution in [3.8, 4) is 0 Å². The van der Waals surface area contributed by atoms with Gasteiger partial charge < -0.3 is 20.1 Å². The number of amides is 2. The summed E-state index contributed by atoms with van der Waals surface area (Å²) in [5, 5.41) is 9.15. The highest BCUT2D eigenvalue weighted by atomic mass is 19.1. The molecule has 4 aromatic rings. The van der Waals surface area contributed by atoms with E-state index in [1.54, 1.807) is 12.3 Å². The first-order chi connectivity index (χ1) is 15.4. The zero-order valence-corrected chi connectivity index (χ0v) is 16.4. The van der Waals surface area contributed by atoms with Crippen molar-refractivity contribution in [1.29, 1.82) is 0 Å². The lowest BCUT2D eigenvalue weighted by Gasteiger charge is -2.04. The molecule has 0 aliphatic rings. The Morgan fingerprint density at radius 1 is 1.06 bits per heavy atom. The van der Waals surface area contributed by atoms with Crippen molar-refractivity contribution in [2.45, 2.75) is 12.8 Å². The van der Waals surface area contributed by atoms with Crippen LogP contribution in [-0.2, 0) is 17.6 Å². The molecule has 0 unspecified atom stereocenters. The van der Waals surface area contributed by atoms with Crippen LogP contribution in [0.3, 0.4) is 0 Å². The normalized spacial score (nSPS) is 11.0. The quantitative estimate of drug-likeness (QED) is 0.406. The summed E-state index contributed by atoms with van der Waals surface area (Å²) in [5.74, 6) is -3.79. The Kier molecular flexibility index (Phi) is 5.88. The molecule has 32 heavy (non-hydrogen) atoms. The second kappa shape index (κ2) is 8.92. The van der Waals surface area contributed by atoms with E-state index in [9.17, 15) is 22.8 Å². The summed E-state index contributed by atoms with van der Waals surface area (Å²) in [7, 11) is 0. The fourth-order valence-electron chi connectivity index (χ4n) is 3.09. The first-order valence-electron chi connectivity index (χ1n) is 9.50. The van der Waals surface area contributed by atoms with Gasteiger partial charge in [-0.2, -0.15) is 4.98 Å². The molecule has 0 aliphatic carbocycles. The van der Waals surface area contributed by atoms with Gasteiger partial charge in [-0.15, -0.1) is 0 Å². The van der Waals surface area contributed by atoms with Gasteiger partial charge in [-0.05, 0) is 42.3 Å². The van der Waals surface area contributed by atoms with Crippen LogP contribution in [-0.4, -0.2) is 33.5 Å². The van der Waals surface area contributed by atoms with Crippen molar-refractivity contribution in [2.75, 3.05) is 11.9 Å². The number of carbonyl (C=O) groups is 2. The Balaban J connectivity index is 1.30. The molecule has 0 bridgehead atoms. The average molecular weight is 443 g/mol. The number of rotatable bonds is 7. The zero-order chi connectivity index (χ0) is 22.7. The predicted molar refractivity (Wildman–Crippen MR) is 107 cm³/mol. The molecule has 0 saturated heterocycles. The number of aromatic amines is 1. The summed E-state index contributed by atoms with van der Waals surface area (Å²) in [6.45, 7) is 0.227. The lowest BCUT2D eigenvalue weighted by atomic mass is 10.1. The molecule has 3 N–H and O–H groups in total. The van der Waals surface area contributed by atoms with Crippen molar-refractivity contribution in [2.24, 2.45) is 0 Å². The Bertz CT molecular complexity index is 1300. The van der Waals surface area contributed by atoms with E-state index < -0.39 is 23.4 Å². The molecule has 0 saturated carbocycles. The molecular weight excluding hydrogens is 427 g/mol. The van der Waals surface area contributed by atoms with E-state index in [2.05, 4.69) is 25.8 Å². The van der Waals surface area contributed by atoms with Gasteiger partial charge in [0.25, 0.3) is 0 Å². The molecule has 0 fully saturated rings. The van der Waals surface area contributed by atoms with Crippen LogP contribution in [0.1, 0.15) is 22.1 Å². The largest absolute Gasteiger partial charge is 0.361 e. The second-order valence-electron chi connectivity index (χ2n) is 6.87. The van der Waals surface area contributed by atoms with Crippen LogP contribution in [0.5, 0.6) is 0 Å². The molecule has 0 radical (unpaired) electrons. The first kappa shape index (κ1) is 21.1. The molecule has 11 heteroatoms. The van der Waals surface area contributed by atoms with Crippen LogP contribution >= 0.6 is 0 Å². The molecule has 0 aliphatic heterocycles. The molecule has 164 valence electrons. The highest BCUT2D eigenvalue weighted by Gasteiger charge is 2.18. The third-order valence-electron chi connectivity index (χ3n) is 4.60. The third kappa shape index (κ3) is 4.77. The van der Waals surface area contributed by atoms with Crippen molar-refractivity contribution in [1.82, 2.24) is 20.4 Å². The monoisotopic (exact) mass is 443 g/mol. The van der Waals surface area contributed by atoms with Gasteiger partial charge in [0.05, 0.1) is 12.1 Å². The maximum Gasteiger partial charge on any atom is 0.315 e. The van der Waals surface area contributed by atoms with Crippen molar-refractivity contribution in [3.63, 3.8) is 0 Å². The molecule has 8 nitrogen and oxygen atoms in total. The number of H-pyrrole nitrogens is 1. The van der Waals surface area contributed by atoms with Crippen molar-refractivity contribution < 1.29 is 27.3 Å². The number of aromatic nitrogens is 3. The highest BCUT2D eigenvalue weighted by Crippen LogP contribution is 2.19. The predicted octanol–water partition coefficient (Wildman–Crippen LogP) is 3.12. The molecule has 4 rings (SSSR count). The van der Waals surface area contributed by atoms with Crippen LogP contribution < -0.4 is 10.6 Å². The number of hydrogen-bond donors (Lipinski definition) is 3. The molecule has 2 heterocycles. The fourth-order valence-corrected chi connectivity index (χ4v) is 3.09. The Morgan fingerprint density at radius 3 is 2.66 bits per heavy atom.